The minimum absolute atomic E-state index is 0.0597. The van der Waals surface area contributed by atoms with Gasteiger partial charge in [0, 0.05) is 12.2 Å². The number of hydrogen-bond acceptors (Lipinski definition) is 5. The lowest BCUT2D eigenvalue weighted by atomic mass is 10.1. The molecule has 1 amide bonds. The summed E-state index contributed by atoms with van der Waals surface area (Å²) in [5, 5.41) is 18.2. The van der Waals surface area contributed by atoms with Gasteiger partial charge >= 0.3 is 0 Å². The van der Waals surface area contributed by atoms with Crippen molar-refractivity contribution in [1.82, 2.24) is 14.8 Å². The number of thioether (sulfide) groups is 1. The largest absolute Gasteiger partial charge is 0.311 e. The summed E-state index contributed by atoms with van der Waals surface area (Å²) in [5.41, 5.74) is 5.22. The van der Waals surface area contributed by atoms with Crippen LogP contribution in [0.4, 0.5) is 5.69 Å². The monoisotopic (exact) mass is 419 g/mol. The van der Waals surface area contributed by atoms with E-state index < -0.39 is 0 Å². The Bertz CT molecular complexity index is 1100. The smallest absolute Gasteiger partial charge is 0.237 e. The van der Waals surface area contributed by atoms with Gasteiger partial charge in [0.1, 0.15) is 5.82 Å². The van der Waals surface area contributed by atoms with Crippen LogP contribution in [0.15, 0.2) is 47.6 Å². The number of rotatable bonds is 7. The predicted octanol–water partition coefficient (Wildman–Crippen LogP) is 4.54. The van der Waals surface area contributed by atoms with Crippen molar-refractivity contribution < 1.29 is 4.79 Å². The molecular formula is C23H25N5OS. The van der Waals surface area contributed by atoms with Crippen LogP contribution in [0.3, 0.4) is 0 Å². The number of nitrogens with zero attached hydrogens (tertiary/aromatic N) is 5. The van der Waals surface area contributed by atoms with E-state index in [1.807, 2.05) is 74.7 Å². The molecule has 3 aromatic rings. The summed E-state index contributed by atoms with van der Waals surface area (Å²) in [7, 11) is 0. The molecule has 0 saturated carbocycles. The predicted molar refractivity (Wildman–Crippen MR) is 120 cm³/mol. The first-order valence-corrected chi connectivity index (χ1v) is 10.8. The van der Waals surface area contributed by atoms with Gasteiger partial charge in [-0.15, -0.1) is 10.2 Å². The van der Waals surface area contributed by atoms with Gasteiger partial charge in [-0.1, -0.05) is 36.0 Å². The highest BCUT2D eigenvalue weighted by Crippen LogP contribution is 2.26. The molecule has 7 heteroatoms. The fourth-order valence-electron chi connectivity index (χ4n) is 3.19. The maximum Gasteiger partial charge on any atom is 0.237 e. The molecule has 154 valence electrons. The molecule has 0 fully saturated rings. The molecule has 0 spiro atoms. The molecule has 0 aliphatic carbocycles. The Labute approximate surface area is 181 Å². The zero-order valence-corrected chi connectivity index (χ0v) is 18.5. The van der Waals surface area contributed by atoms with E-state index in [2.05, 4.69) is 16.3 Å². The summed E-state index contributed by atoms with van der Waals surface area (Å²) >= 11 is 1.36. The lowest BCUT2D eigenvalue weighted by Gasteiger charge is -2.22. The number of anilines is 1. The second-order valence-electron chi connectivity index (χ2n) is 7.16. The average Bonchev–Trinajstić information content (AvgIpc) is 3.10. The minimum Gasteiger partial charge on any atom is -0.311 e. The fourth-order valence-corrected chi connectivity index (χ4v) is 4.05. The molecule has 0 atom stereocenters. The highest BCUT2D eigenvalue weighted by Gasteiger charge is 2.19. The molecule has 1 heterocycles. The van der Waals surface area contributed by atoms with Crippen molar-refractivity contribution in [2.75, 3.05) is 17.2 Å². The SMILES string of the molecule is Cc1ccc(N(CCC#N)C(=O)CSc2nnc(C)n2-c2ccccc2C)cc1C. The molecular weight excluding hydrogens is 394 g/mol. The van der Waals surface area contributed by atoms with Crippen LogP contribution < -0.4 is 4.90 Å². The van der Waals surface area contributed by atoms with Crippen LogP contribution in [0.2, 0.25) is 0 Å². The zero-order chi connectivity index (χ0) is 21.7. The molecule has 0 aliphatic heterocycles. The highest BCUT2D eigenvalue weighted by atomic mass is 32.2. The molecule has 2 aromatic carbocycles. The Kier molecular flexibility index (Phi) is 6.91. The Morgan fingerprint density at radius 3 is 2.53 bits per heavy atom. The second kappa shape index (κ2) is 9.59. The number of carbonyl (C=O) groups excluding carboxylic acids is 1. The summed E-state index contributed by atoms with van der Waals surface area (Å²) in [6.45, 7) is 8.37. The van der Waals surface area contributed by atoms with Crippen molar-refractivity contribution in [3.8, 4) is 11.8 Å². The van der Waals surface area contributed by atoms with Crippen molar-refractivity contribution >= 4 is 23.4 Å². The van der Waals surface area contributed by atoms with Gasteiger partial charge < -0.3 is 4.90 Å². The summed E-state index contributed by atoms with van der Waals surface area (Å²) in [4.78, 5) is 14.8. The van der Waals surface area contributed by atoms with Gasteiger partial charge in [0.05, 0.1) is 23.9 Å². The Morgan fingerprint density at radius 1 is 1.07 bits per heavy atom. The standard InChI is InChI=1S/C23H25N5OS/c1-16-10-11-20(14-18(16)3)27(13-7-12-24)22(29)15-30-23-26-25-19(4)28(23)21-9-6-5-8-17(21)2/h5-6,8-11,14H,7,13,15H2,1-4H3. The van der Waals surface area contributed by atoms with Gasteiger partial charge in [-0.3, -0.25) is 9.36 Å². The third-order valence-electron chi connectivity index (χ3n) is 5.03. The van der Waals surface area contributed by atoms with E-state index >= 15 is 0 Å². The molecule has 0 bridgehead atoms. The van der Waals surface area contributed by atoms with Gasteiger partial charge in [0.15, 0.2) is 5.16 Å². The molecule has 0 saturated heterocycles. The fraction of sp³-hybridized carbons (Fsp3) is 0.304. The number of carbonyl (C=O) groups is 1. The van der Waals surface area contributed by atoms with Crippen molar-refractivity contribution in [2.45, 2.75) is 39.3 Å². The Hall–Kier alpha value is -3.11. The van der Waals surface area contributed by atoms with Crippen LogP contribution in [0, 0.1) is 39.0 Å². The summed E-state index contributed by atoms with van der Waals surface area (Å²) in [6.07, 6.45) is 0.280. The van der Waals surface area contributed by atoms with Crippen molar-refractivity contribution in [3.05, 3.63) is 65.0 Å². The van der Waals surface area contributed by atoms with E-state index in [9.17, 15) is 4.79 Å². The van der Waals surface area contributed by atoms with E-state index in [4.69, 9.17) is 5.26 Å². The second-order valence-corrected chi connectivity index (χ2v) is 8.10. The summed E-state index contributed by atoms with van der Waals surface area (Å²) < 4.78 is 1.98. The van der Waals surface area contributed by atoms with Crippen molar-refractivity contribution in [1.29, 1.82) is 5.26 Å². The number of aromatic nitrogens is 3. The van der Waals surface area contributed by atoms with E-state index in [0.29, 0.717) is 11.7 Å². The molecule has 0 N–H and O–H groups in total. The molecule has 30 heavy (non-hydrogen) atoms. The lowest BCUT2D eigenvalue weighted by molar-refractivity contribution is -0.116. The van der Waals surface area contributed by atoms with Crippen LogP contribution >= 0.6 is 11.8 Å². The molecule has 0 radical (unpaired) electrons. The third kappa shape index (κ3) is 4.71. The van der Waals surface area contributed by atoms with Gasteiger partial charge in [-0.2, -0.15) is 5.26 Å². The van der Waals surface area contributed by atoms with Crippen LogP contribution in [0.1, 0.15) is 28.9 Å². The van der Waals surface area contributed by atoms with Crippen molar-refractivity contribution in [3.63, 3.8) is 0 Å². The summed E-state index contributed by atoms with van der Waals surface area (Å²) in [5.74, 6) is 0.924. The maximum absolute atomic E-state index is 13.1. The summed E-state index contributed by atoms with van der Waals surface area (Å²) in [6, 6.07) is 16.1. The first-order chi connectivity index (χ1) is 14.4. The molecule has 1 aromatic heterocycles. The number of amides is 1. The molecule has 3 rings (SSSR count). The molecule has 0 aliphatic rings. The number of para-hydroxylation sites is 1. The van der Waals surface area contributed by atoms with Crippen LogP contribution in [-0.2, 0) is 4.79 Å². The van der Waals surface area contributed by atoms with Crippen LogP contribution in [0.5, 0.6) is 0 Å². The quantitative estimate of drug-likeness (QED) is 0.526. The zero-order valence-electron chi connectivity index (χ0n) is 17.7. The first-order valence-electron chi connectivity index (χ1n) is 9.77. The maximum atomic E-state index is 13.1. The van der Waals surface area contributed by atoms with E-state index in [-0.39, 0.29) is 18.1 Å². The number of nitriles is 1. The van der Waals surface area contributed by atoms with Crippen molar-refractivity contribution in [2.24, 2.45) is 0 Å². The molecule has 6 nitrogen and oxygen atoms in total. The van der Waals surface area contributed by atoms with E-state index in [0.717, 1.165) is 28.3 Å². The van der Waals surface area contributed by atoms with Crippen LogP contribution in [0.25, 0.3) is 5.69 Å². The normalized spacial score (nSPS) is 10.6. The number of hydrogen-bond donors (Lipinski definition) is 0. The van der Waals surface area contributed by atoms with Gasteiger partial charge in [-0.05, 0) is 62.6 Å². The highest BCUT2D eigenvalue weighted by molar-refractivity contribution is 7.99. The average molecular weight is 420 g/mol. The van der Waals surface area contributed by atoms with Gasteiger partial charge in [0.25, 0.3) is 0 Å². The molecule has 0 unspecified atom stereocenters. The van der Waals surface area contributed by atoms with Crippen LogP contribution in [-0.4, -0.2) is 33.0 Å². The topological polar surface area (TPSA) is 74.8 Å². The number of aryl methyl sites for hydroxylation is 4. The van der Waals surface area contributed by atoms with E-state index in [1.54, 1.807) is 4.90 Å². The first kappa shape index (κ1) is 21.6. The number of benzene rings is 2. The Morgan fingerprint density at radius 2 is 1.83 bits per heavy atom. The van der Waals surface area contributed by atoms with E-state index in [1.165, 1.54) is 17.3 Å². The van der Waals surface area contributed by atoms with Gasteiger partial charge in [0.2, 0.25) is 5.91 Å². The lowest BCUT2D eigenvalue weighted by Crippen LogP contribution is -2.33. The Balaban J connectivity index is 1.82. The van der Waals surface area contributed by atoms with Gasteiger partial charge in [-0.25, -0.2) is 0 Å². The third-order valence-corrected chi connectivity index (χ3v) is 5.94. The minimum atomic E-state index is -0.0597.